The third kappa shape index (κ3) is 7.85. The quantitative estimate of drug-likeness (QED) is 0.332. The lowest BCUT2D eigenvalue weighted by molar-refractivity contribution is -0.253. The van der Waals surface area contributed by atoms with Gasteiger partial charge in [-0.2, -0.15) is 0 Å². The number of carbonyl (C=O) groups is 2. The van der Waals surface area contributed by atoms with Crippen LogP contribution in [0.15, 0.2) is 48.5 Å². The van der Waals surface area contributed by atoms with Gasteiger partial charge in [0.1, 0.15) is 0 Å². The zero-order chi connectivity index (χ0) is 26.9. The van der Waals surface area contributed by atoms with Gasteiger partial charge in [-0.15, -0.1) is 0 Å². The van der Waals surface area contributed by atoms with E-state index >= 15 is 0 Å². The number of carboxylic acid groups (broad SMARTS) is 1. The molecular formula is C29H38N2O7. The number of carbonyl (C=O) groups excluding carboxylic acids is 1. The van der Waals surface area contributed by atoms with Gasteiger partial charge in [0.25, 0.3) is 0 Å². The molecule has 4 atom stereocenters. The lowest BCUT2D eigenvalue weighted by Crippen LogP contribution is -2.42. The number of aliphatic carboxylic acids is 1. The lowest BCUT2D eigenvalue weighted by Gasteiger charge is -2.38. The van der Waals surface area contributed by atoms with E-state index in [0.717, 1.165) is 48.2 Å². The monoisotopic (exact) mass is 526 g/mol. The maximum Gasteiger partial charge on any atom is 0.303 e. The molecular weight excluding hydrogens is 488 g/mol. The largest absolute Gasteiger partial charge is 0.481 e. The highest BCUT2D eigenvalue weighted by Crippen LogP contribution is 2.38. The topological polar surface area (TPSA) is 129 Å². The summed E-state index contributed by atoms with van der Waals surface area (Å²) in [6, 6.07) is 15.7. The number of rotatable bonds is 12. The van der Waals surface area contributed by atoms with Crippen LogP contribution in [0.4, 0.5) is 0 Å². The van der Waals surface area contributed by atoms with E-state index in [2.05, 4.69) is 10.2 Å². The molecule has 2 aromatic rings. The molecule has 4 rings (SSSR count). The smallest absolute Gasteiger partial charge is 0.303 e. The second-order valence-corrected chi connectivity index (χ2v) is 10.1. The Morgan fingerprint density at radius 3 is 2.34 bits per heavy atom. The number of aliphatic hydroxyl groups excluding tert-OH is 2. The average molecular weight is 527 g/mol. The van der Waals surface area contributed by atoms with Gasteiger partial charge < -0.3 is 30.1 Å². The fourth-order valence-electron chi connectivity index (χ4n) is 5.12. The van der Waals surface area contributed by atoms with Crippen LogP contribution in [0.1, 0.15) is 73.2 Å². The first-order valence-electron chi connectivity index (χ1n) is 13.4. The Kier molecular flexibility index (Phi) is 10.3. The Bertz CT molecular complexity index is 1040. The van der Waals surface area contributed by atoms with E-state index < -0.39 is 12.3 Å². The van der Waals surface area contributed by atoms with Crippen LogP contribution in [0.25, 0.3) is 0 Å². The summed E-state index contributed by atoms with van der Waals surface area (Å²) in [5, 5.41) is 30.7. The minimum absolute atomic E-state index is 0.00713. The first-order chi connectivity index (χ1) is 18.4. The first-order valence-corrected chi connectivity index (χ1v) is 13.4. The number of hydrogen-bond acceptors (Lipinski definition) is 7. The summed E-state index contributed by atoms with van der Waals surface area (Å²) in [6.45, 7) is 2.17. The van der Waals surface area contributed by atoms with E-state index in [1.165, 1.54) is 0 Å². The highest BCUT2D eigenvalue weighted by molar-refractivity contribution is 5.76. The van der Waals surface area contributed by atoms with Crippen LogP contribution in [0.2, 0.25) is 0 Å². The van der Waals surface area contributed by atoms with Crippen molar-refractivity contribution in [3.8, 4) is 0 Å². The molecule has 0 unspecified atom stereocenters. The van der Waals surface area contributed by atoms with Crippen molar-refractivity contribution in [1.29, 1.82) is 0 Å². The number of nitrogens with zero attached hydrogens (tertiary/aromatic N) is 1. The molecule has 0 aromatic heterocycles. The Morgan fingerprint density at radius 1 is 0.947 bits per heavy atom. The Hall–Kier alpha value is -2.82. The number of benzene rings is 2. The summed E-state index contributed by atoms with van der Waals surface area (Å²) >= 11 is 0. The van der Waals surface area contributed by atoms with Gasteiger partial charge in [-0.05, 0) is 42.5 Å². The molecule has 38 heavy (non-hydrogen) atoms. The van der Waals surface area contributed by atoms with E-state index in [1.807, 2.05) is 48.5 Å². The van der Waals surface area contributed by atoms with Gasteiger partial charge in [-0.1, -0.05) is 48.5 Å². The van der Waals surface area contributed by atoms with Crippen LogP contribution in [0.5, 0.6) is 0 Å². The van der Waals surface area contributed by atoms with Crippen molar-refractivity contribution in [1.82, 2.24) is 10.2 Å². The Morgan fingerprint density at radius 2 is 1.66 bits per heavy atom. The molecule has 4 N–H and O–H groups in total. The minimum atomic E-state index is -0.902. The van der Waals surface area contributed by atoms with Crippen LogP contribution >= 0.6 is 0 Å². The second-order valence-electron chi connectivity index (χ2n) is 10.1. The van der Waals surface area contributed by atoms with Gasteiger partial charge in [0.05, 0.1) is 25.4 Å². The van der Waals surface area contributed by atoms with Crippen molar-refractivity contribution in [3.05, 3.63) is 70.8 Å². The van der Waals surface area contributed by atoms with Gasteiger partial charge in [-0.25, -0.2) is 0 Å². The third-order valence-electron chi connectivity index (χ3n) is 7.30. The predicted octanol–water partition coefficient (Wildman–Crippen LogP) is 3.05. The van der Waals surface area contributed by atoms with E-state index in [1.54, 1.807) is 0 Å². The van der Waals surface area contributed by atoms with Gasteiger partial charge in [-0.3, -0.25) is 14.5 Å². The number of amides is 1. The number of carboxylic acids is 1. The van der Waals surface area contributed by atoms with Crippen molar-refractivity contribution >= 4 is 11.9 Å². The van der Waals surface area contributed by atoms with Crippen LogP contribution in [0, 0.1) is 0 Å². The molecule has 0 spiro atoms. The fraction of sp³-hybridized carbons (Fsp3) is 0.517. The molecule has 0 radical (unpaired) electrons. The van der Waals surface area contributed by atoms with Gasteiger partial charge >= 0.3 is 5.97 Å². The van der Waals surface area contributed by atoms with E-state index in [0.29, 0.717) is 19.4 Å². The van der Waals surface area contributed by atoms with Crippen LogP contribution in [-0.4, -0.2) is 63.9 Å². The zero-order valence-corrected chi connectivity index (χ0v) is 21.6. The number of ether oxygens (including phenoxy) is 2. The molecule has 2 saturated heterocycles. The molecule has 0 bridgehead atoms. The van der Waals surface area contributed by atoms with Crippen LogP contribution < -0.4 is 5.32 Å². The molecule has 2 aromatic carbocycles. The molecule has 2 fully saturated rings. The average Bonchev–Trinajstić information content (AvgIpc) is 3.39. The molecule has 9 nitrogen and oxygen atoms in total. The minimum Gasteiger partial charge on any atom is -0.481 e. The zero-order valence-electron chi connectivity index (χ0n) is 21.6. The summed E-state index contributed by atoms with van der Waals surface area (Å²) in [5.41, 5.74) is 3.68. The number of nitrogens with one attached hydrogen (secondary N) is 1. The van der Waals surface area contributed by atoms with Crippen molar-refractivity contribution in [2.75, 3.05) is 19.7 Å². The maximum absolute atomic E-state index is 12.0. The predicted molar refractivity (Wildman–Crippen MR) is 140 cm³/mol. The van der Waals surface area contributed by atoms with E-state index in [-0.39, 0.29) is 50.2 Å². The highest BCUT2D eigenvalue weighted by atomic mass is 16.7. The molecule has 2 aliphatic rings. The van der Waals surface area contributed by atoms with E-state index in [9.17, 15) is 19.8 Å². The van der Waals surface area contributed by atoms with Crippen LogP contribution in [-0.2, 0) is 32.2 Å². The molecule has 206 valence electrons. The molecule has 0 saturated carbocycles. The van der Waals surface area contributed by atoms with Gasteiger partial charge in [0, 0.05) is 44.0 Å². The van der Waals surface area contributed by atoms with Crippen molar-refractivity contribution < 1.29 is 34.4 Å². The normalized spacial score (nSPS) is 23.8. The summed E-state index contributed by atoms with van der Waals surface area (Å²) < 4.78 is 12.8. The van der Waals surface area contributed by atoms with Crippen LogP contribution in [0.3, 0.4) is 0 Å². The number of hydrogen-bond donors (Lipinski definition) is 4. The number of aliphatic hydroxyl groups is 2. The third-order valence-corrected chi connectivity index (χ3v) is 7.30. The molecule has 1 amide bonds. The summed E-state index contributed by atoms with van der Waals surface area (Å²) in [4.78, 5) is 24.9. The Balaban J connectivity index is 1.41. The first kappa shape index (κ1) is 28.2. The second kappa shape index (κ2) is 13.8. The van der Waals surface area contributed by atoms with Gasteiger partial charge in [0.2, 0.25) is 5.91 Å². The lowest BCUT2D eigenvalue weighted by atomic mass is 9.99. The number of likely N-dealkylation sites (tertiary alicyclic amines) is 1. The molecule has 2 heterocycles. The molecule has 9 heteroatoms. The Labute approximate surface area is 223 Å². The van der Waals surface area contributed by atoms with E-state index in [4.69, 9.17) is 14.6 Å². The summed E-state index contributed by atoms with van der Waals surface area (Å²) in [5.74, 6) is -1.07. The highest BCUT2D eigenvalue weighted by Gasteiger charge is 2.35. The SMILES string of the molecule is O=C(O)CCCC(=O)NCc1ccc([C@@H]2O[C@H](CN3CCC[C@H]3CO)C[C@H](c3ccc(CO)cc3)O2)cc1. The summed E-state index contributed by atoms with van der Waals surface area (Å²) in [7, 11) is 0. The van der Waals surface area contributed by atoms with Crippen molar-refractivity contribution in [2.45, 2.75) is 76.2 Å². The van der Waals surface area contributed by atoms with Gasteiger partial charge in [0.15, 0.2) is 6.29 Å². The van der Waals surface area contributed by atoms with Crippen molar-refractivity contribution in [3.63, 3.8) is 0 Å². The van der Waals surface area contributed by atoms with Crippen molar-refractivity contribution in [2.24, 2.45) is 0 Å². The maximum atomic E-state index is 12.0. The summed E-state index contributed by atoms with van der Waals surface area (Å²) in [6.07, 6.45) is 2.42. The molecule has 2 aliphatic heterocycles. The standard InChI is InChI=1S/C29H38N2O7/c32-18-21-8-10-22(11-9-21)26-15-25(17-31-14-2-3-24(31)19-33)37-29(38-26)23-12-6-20(7-13-23)16-30-27(34)4-1-5-28(35)36/h6-13,24-26,29,32-33H,1-5,14-19H2,(H,30,34)(H,35,36)/t24-,25-,26+,29+/m0/s1. The molecule has 0 aliphatic carbocycles. The fourth-order valence-corrected chi connectivity index (χ4v) is 5.12.